The van der Waals surface area contributed by atoms with Crippen molar-refractivity contribution in [1.29, 1.82) is 0 Å². The predicted molar refractivity (Wildman–Crippen MR) is 121 cm³/mol. The van der Waals surface area contributed by atoms with Crippen molar-refractivity contribution in [2.24, 2.45) is 0 Å². The van der Waals surface area contributed by atoms with Crippen LogP contribution in [0.4, 0.5) is 20.6 Å². The quantitative estimate of drug-likeness (QED) is 0.336. The molecule has 2 unspecified atom stereocenters. The average molecular weight is 513 g/mol. The second-order valence-corrected chi connectivity index (χ2v) is 10.8. The second kappa shape index (κ2) is 9.86. The lowest BCUT2D eigenvalue weighted by atomic mass is 9.92. The molecule has 13 heteroatoms. The van der Waals surface area contributed by atoms with E-state index in [1.807, 2.05) is 0 Å². The lowest BCUT2D eigenvalue weighted by molar-refractivity contribution is -0.385. The number of ether oxygens (including phenoxy) is 1. The molecule has 4 rings (SSSR count). The topological polar surface area (TPSA) is 136 Å². The van der Waals surface area contributed by atoms with Crippen LogP contribution in [-0.4, -0.2) is 55.0 Å². The van der Waals surface area contributed by atoms with E-state index in [1.54, 1.807) is 12.1 Å². The molecule has 2 aromatic carbocycles. The van der Waals surface area contributed by atoms with E-state index in [0.29, 0.717) is 12.0 Å². The van der Waals surface area contributed by atoms with Gasteiger partial charge in [-0.1, -0.05) is 12.1 Å². The number of nitro benzene ring substituents is 1. The van der Waals surface area contributed by atoms with Crippen LogP contribution in [0.25, 0.3) is 0 Å². The molecule has 182 valence electrons. The van der Waals surface area contributed by atoms with Crippen LogP contribution in [0.5, 0.6) is 0 Å². The van der Waals surface area contributed by atoms with Gasteiger partial charge in [-0.05, 0) is 48.3 Å². The average Bonchev–Trinajstić information content (AvgIpc) is 3.18. The summed E-state index contributed by atoms with van der Waals surface area (Å²) in [5.41, 5.74) is -0.222. The van der Waals surface area contributed by atoms with Crippen LogP contribution in [0.3, 0.4) is 0 Å². The number of nitro groups is 1. The maximum Gasteiger partial charge on any atom is 0.414 e. The highest BCUT2D eigenvalue weighted by Crippen LogP contribution is 2.37. The third kappa shape index (κ3) is 5.32. The van der Waals surface area contributed by atoms with Crippen molar-refractivity contribution in [3.63, 3.8) is 0 Å². The fourth-order valence-electron chi connectivity index (χ4n) is 3.88. The number of benzene rings is 2. The second-order valence-electron chi connectivity index (χ2n) is 7.86. The zero-order valence-corrected chi connectivity index (χ0v) is 19.3. The Morgan fingerprint density at radius 3 is 2.79 bits per heavy atom. The Morgan fingerprint density at radius 1 is 1.29 bits per heavy atom. The van der Waals surface area contributed by atoms with Gasteiger partial charge >= 0.3 is 6.09 Å². The van der Waals surface area contributed by atoms with Gasteiger partial charge in [0.1, 0.15) is 23.4 Å². The van der Waals surface area contributed by atoms with Crippen molar-refractivity contribution < 1.29 is 36.6 Å². The standard InChI is InChI=1S/C21H21FN2O8S2/c22-19-10-14(4-5-18(19)13-6-7-33-20(25)8-13)23-11-16(32-21(23)26)12-31-34(29,30)17-3-1-2-15(9-17)24(27)28/h1-5,9-10,13,16,20,25H,6-8,11-12H2/t13-,16?,20?/m1/s1. The Kier molecular flexibility index (Phi) is 7.07. The molecule has 3 atom stereocenters. The molecule has 2 aliphatic heterocycles. The Bertz CT molecular complexity index is 1210. The van der Waals surface area contributed by atoms with Gasteiger partial charge in [-0.2, -0.15) is 8.42 Å². The number of aliphatic hydroxyl groups excluding tert-OH is 1. The van der Waals surface area contributed by atoms with Crippen LogP contribution in [0.2, 0.25) is 0 Å². The SMILES string of the molecule is O=C1OC(COS(=O)(=O)c2cccc([N+](=O)[O-])c2)CN1c1ccc([C@@H]2CCSC(O)C2)c(F)c1. The molecular formula is C21H21FN2O8S2. The molecular weight excluding hydrogens is 491 g/mol. The fourth-order valence-corrected chi connectivity index (χ4v) is 5.92. The normalized spacial score (nSPS) is 23.1. The van der Waals surface area contributed by atoms with Gasteiger partial charge in [-0.3, -0.25) is 19.2 Å². The maximum absolute atomic E-state index is 14.8. The third-order valence-corrected chi connectivity index (χ3v) is 7.92. The number of anilines is 1. The molecule has 0 aliphatic carbocycles. The highest BCUT2D eigenvalue weighted by molar-refractivity contribution is 7.99. The number of aliphatic hydroxyl groups is 1. The number of carbonyl (C=O) groups is 1. The minimum Gasteiger partial charge on any atom is -0.441 e. The van der Waals surface area contributed by atoms with Gasteiger partial charge in [-0.15, -0.1) is 11.8 Å². The number of thioether (sulfide) groups is 1. The number of cyclic esters (lactones) is 1. The first-order valence-corrected chi connectivity index (χ1v) is 12.8. The van der Waals surface area contributed by atoms with E-state index in [4.69, 9.17) is 8.92 Å². The highest BCUT2D eigenvalue weighted by Gasteiger charge is 2.35. The molecule has 2 fully saturated rings. The summed E-state index contributed by atoms with van der Waals surface area (Å²) in [6.45, 7) is -0.577. The van der Waals surface area contributed by atoms with Gasteiger partial charge in [0, 0.05) is 12.1 Å². The summed E-state index contributed by atoms with van der Waals surface area (Å²) in [6, 6.07) is 8.78. The Hall–Kier alpha value is -2.74. The van der Waals surface area contributed by atoms with Crippen LogP contribution >= 0.6 is 11.8 Å². The minimum absolute atomic E-state index is 0.0686. The van der Waals surface area contributed by atoms with Crippen LogP contribution < -0.4 is 4.90 Å². The number of nitrogens with zero attached hydrogens (tertiary/aromatic N) is 2. The molecule has 0 saturated carbocycles. The van der Waals surface area contributed by atoms with E-state index < -0.39 is 55.7 Å². The van der Waals surface area contributed by atoms with Gasteiger partial charge in [-0.25, -0.2) is 9.18 Å². The number of amides is 1. The van der Waals surface area contributed by atoms with Crippen molar-refractivity contribution >= 4 is 39.3 Å². The number of hydrogen-bond donors (Lipinski definition) is 1. The summed E-state index contributed by atoms with van der Waals surface area (Å²) in [4.78, 5) is 23.2. The van der Waals surface area contributed by atoms with Crippen LogP contribution in [0, 0.1) is 15.9 Å². The van der Waals surface area contributed by atoms with Crippen LogP contribution in [0.15, 0.2) is 47.4 Å². The summed E-state index contributed by atoms with van der Waals surface area (Å²) in [6.07, 6.45) is -0.542. The third-order valence-electron chi connectivity index (χ3n) is 5.60. The van der Waals surface area contributed by atoms with E-state index in [0.717, 1.165) is 30.4 Å². The van der Waals surface area contributed by atoms with E-state index >= 15 is 0 Å². The Balaban J connectivity index is 1.41. The zero-order chi connectivity index (χ0) is 24.5. The predicted octanol–water partition coefficient (Wildman–Crippen LogP) is 3.39. The lowest BCUT2D eigenvalue weighted by Gasteiger charge is -2.26. The van der Waals surface area contributed by atoms with E-state index in [1.165, 1.54) is 28.8 Å². The van der Waals surface area contributed by atoms with E-state index in [2.05, 4.69) is 0 Å². The van der Waals surface area contributed by atoms with E-state index in [-0.39, 0.29) is 18.2 Å². The maximum atomic E-state index is 14.8. The number of hydrogen-bond acceptors (Lipinski definition) is 9. The first kappa shape index (κ1) is 24.4. The number of halogens is 1. The Labute approximate surface area is 198 Å². The van der Waals surface area contributed by atoms with Gasteiger partial charge in [0.2, 0.25) is 0 Å². The fraction of sp³-hybridized carbons (Fsp3) is 0.381. The summed E-state index contributed by atoms with van der Waals surface area (Å²) >= 11 is 1.43. The first-order chi connectivity index (χ1) is 16.1. The van der Waals surface area contributed by atoms with Crippen molar-refractivity contribution in [2.75, 3.05) is 23.8 Å². The van der Waals surface area contributed by atoms with Gasteiger partial charge < -0.3 is 9.84 Å². The van der Waals surface area contributed by atoms with E-state index in [9.17, 15) is 32.8 Å². The Morgan fingerprint density at radius 2 is 2.09 bits per heavy atom. The lowest BCUT2D eigenvalue weighted by Crippen LogP contribution is -2.27. The molecule has 2 saturated heterocycles. The number of carbonyl (C=O) groups excluding carboxylic acids is 1. The van der Waals surface area contributed by atoms with Gasteiger partial charge in [0.25, 0.3) is 15.8 Å². The molecule has 1 N–H and O–H groups in total. The van der Waals surface area contributed by atoms with Crippen molar-refractivity contribution in [3.8, 4) is 0 Å². The van der Waals surface area contributed by atoms with Crippen molar-refractivity contribution in [2.45, 2.75) is 35.2 Å². The molecule has 0 aromatic heterocycles. The molecule has 2 heterocycles. The largest absolute Gasteiger partial charge is 0.441 e. The number of rotatable bonds is 7. The minimum atomic E-state index is -4.33. The van der Waals surface area contributed by atoms with Crippen LogP contribution in [-0.2, 0) is 19.0 Å². The molecule has 1 amide bonds. The monoisotopic (exact) mass is 512 g/mol. The molecule has 34 heavy (non-hydrogen) atoms. The molecule has 2 aliphatic rings. The summed E-state index contributed by atoms with van der Waals surface area (Å²) < 4.78 is 49.7. The highest BCUT2D eigenvalue weighted by atomic mass is 32.2. The van der Waals surface area contributed by atoms with Crippen molar-refractivity contribution in [1.82, 2.24) is 0 Å². The molecule has 0 radical (unpaired) electrons. The zero-order valence-electron chi connectivity index (χ0n) is 17.7. The molecule has 0 bridgehead atoms. The first-order valence-electron chi connectivity index (χ1n) is 10.3. The van der Waals surface area contributed by atoms with Crippen molar-refractivity contribution in [3.05, 3.63) is 64.0 Å². The van der Waals surface area contributed by atoms with Gasteiger partial charge in [0.05, 0.1) is 22.6 Å². The van der Waals surface area contributed by atoms with Gasteiger partial charge in [0.15, 0.2) is 0 Å². The molecule has 2 aromatic rings. The molecule has 10 nitrogen and oxygen atoms in total. The molecule has 0 spiro atoms. The summed E-state index contributed by atoms with van der Waals surface area (Å²) in [7, 11) is -4.33. The van der Waals surface area contributed by atoms with Crippen LogP contribution in [0.1, 0.15) is 24.3 Å². The number of non-ortho nitro benzene ring substituents is 1. The smallest absolute Gasteiger partial charge is 0.414 e. The summed E-state index contributed by atoms with van der Waals surface area (Å²) in [5.74, 6) is 0.116. The summed E-state index contributed by atoms with van der Waals surface area (Å²) in [5, 5.41) is 20.7.